The molecule has 2 aromatic carbocycles. The van der Waals surface area contributed by atoms with Crippen molar-refractivity contribution in [1.29, 1.82) is 0 Å². The molecule has 2 aromatic rings. The van der Waals surface area contributed by atoms with Crippen molar-refractivity contribution in [3.63, 3.8) is 0 Å². The maximum absolute atomic E-state index is 13.5. The molecule has 2 amide bonds. The number of amides is 2. The number of halogens is 1. The molecule has 39 heavy (non-hydrogen) atoms. The van der Waals surface area contributed by atoms with Crippen LogP contribution >= 0.6 is 11.6 Å². The number of hydrogen-bond donors (Lipinski definition) is 2. The highest BCUT2D eigenvalue weighted by Crippen LogP contribution is 2.65. The van der Waals surface area contributed by atoms with Crippen molar-refractivity contribution in [1.82, 2.24) is 10.6 Å². The molecule has 0 aromatic heterocycles. The van der Waals surface area contributed by atoms with E-state index in [1.807, 2.05) is 30.3 Å². The van der Waals surface area contributed by atoms with Crippen molar-refractivity contribution in [3.8, 4) is 0 Å². The fraction of sp³-hybridized carbons (Fsp3) is 0.548. The quantitative estimate of drug-likeness (QED) is 0.348. The number of hydrogen-bond acceptors (Lipinski definition) is 4. The zero-order valence-electron chi connectivity index (χ0n) is 23.4. The average Bonchev–Trinajstić information content (AvgIpc) is 3.28. The molecule has 2 bridgehead atoms. The summed E-state index contributed by atoms with van der Waals surface area (Å²) in [5, 5.41) is 6.82. The molecule has 0 spiro atoms. The second kappa shape index (κ2) is 11.3. The summed E-state index contributed by atoms with van der Waals surface area (Å²) in [7, 11) is -0.478. The summed E-state index contributed by atoms with van der Waals surface area (Å²) in [6, 6.07) is 15.8. The van der Waals surface area contributed by atoms with Crippen molar-refractivity contribution in [3.05, 3.63) is 70.7 Å². The second-order valence-corrected chi connectivity index (χ2v) is 12.7. The summed E-state index contributed by atoms with van der Waals surface area (Å²) in [5.41, 5.74) is 1.24. The van der Waals surface area contributed by atoms with Crippen LogP contribution in [0, 0.1) is 17.3 Å². The number of benzene rings is 2. The minimum atomic E-state index is -0.540. The molecule has 1 saturated heterocycles. The molecular formula is C31H40BClN2O4. The monoisotopic (exact) mass is 550 g/mol. The number of carbonyl (C=O) groups is 2. The summed E-state index contributed by atoms with van der Waals surface area (Å²) in [5.74, 6) is 0.466. The standard InChI is InChI=1S/C31H40BClN2O4/c1-5-6-15-27(32-38-26-18-22-17-25(30(22,2)3)31(26,4)39-32)35-28(36)19-24(21-13-10-14-23(33)16-21)34-29(37)20-11-8-7-9-12-20/h7-14,16,22,24-27H,5-6,15,17-19H2,1-4H3,(H,34,37)(H,35,36)/t22-,24?,25-,26+,27-,31-/m0/s1. The Kier molecular flexibility index (Phi) is 8.14. The molecule has 4 fully saturated rings. The molecule has 4 aliphatic rings. The maximum Gasteiger partial charge on any atom is 0.481 e. The van der Waals surface area contributed by atoms with Crippen LogP contribution in [0.5, 0.6) is 0 Å². The largest absolute Gasteiger partial charge is 0.481 e. The van der Waals surface area contributed by atoms with E-state index in [0.717, 1.165) is 31.2 Å². The third kappa shape index (κ3) is 5.64. The summed E-state index contributed by atoms with van der Waals surface area (Å²) in [6.45, 7) is 9.04. The third-order valence-electron chi connectivity index (χ3n) is 9.49. The predicted molar refractivity (Wildman–Crippen MR) is 154 cm³/mol. The minimum absolute atomic E-state index is 0.0599. The van der Waals surface area contributed by atoms with E-state index in [1.54, 1.807) is 24.3 Å². The van der Waals surface area contributed by atoms with Crippen LogP contribution in [-0.2, 0) is 14.1 Å². The van der Waals surface area contributed by atoms with E-state index in [1.165, 1.54) is 6.42 Å². The zero-order chi connectivity index (χ0) is 27.8. The molecule has 6 nitrogen and oxygen atoms in total. The van der Waals surface area contributed by atoms with Gasteiger partial charge in [-0.3, -0.25) is 9.59 Å². The first-order chi connectivity index (χ1) is 18.6. The molecule has 1 heterocycles. The van der Waals surface area contributed by atoms with Crippen molar-refractivity contribution < 1.29 is 18.9 Å². The topological polar surface area (TPSA) is 76.7 Å². The molecule has 3 aliphatic carbocycles. The fourth-order valence-corrected chi connectivity index (χ4v) is 7.23. The van der Waals surface area contributed by atoms with E-state index < -0.39 is 13.2 Å². The number of unbranched alkanes of at least 4 members (excludes halogenated alkanes) is 1. The fourth-order valence-electron chi connectivity index (χ4n) is 7.03. The highest BCUT2D eigenvalue weighted by atomic mass is 35.5. The van der Waals surface area contributed by atoms with Gasteiger partial charge in [0.25, 0.3) is 5.91 Å². The Balaban J connectivity index is 1.30. The SMILES string of the molecule is CCCC[C@H](NC(=O)CC(NC(=O)c1ccccc1)c1cccc(Cl)c1)B1O[C@@H]2C[C@@H]3C[C@@H](C3(C)C)[C@]2(C)O1. The normalized spacial score (nSPS) is 28.1. The Labute approximate surface area is 237 Å². The van der Waals surface area contributed by atoms with Gasteiger partial charge in [0.05, 0.1) is 30.1 Å². The maximum atomic E-state index is 13.5. The number of nitrogens with one attached hydrogen (secondary N) is 2. The first-order valence-electron chi connectivity index (χ1n) is 14.4. The van der Waals surface area contributed by atoms with E-state index in [9.17, 15) is 9.59 Å². The molecule has 1 aliphatic heterocycles. The third-order valence-corrected chi connectivity index (χ3v) is 9.73. The Bertz CT molecular complexity index is 1190. The lowest BCUT2D eigenvalue weighted by atomic mass is 9.43. The number of rotatable bonds is 10. The van der Waals surface area contributed by atoms with Gasteiger partial charge >= 0.3 is 7.12 Å². The summed E-state index contributed by atoms with van der Waals surface area (Å²) in [4.78, 5) is 26.5. The van der Waals surface area contributed by atoms with Crippen LogP contribution in [0.4, 0.5) is 0 Å². The van der Waals surface area contributed by atoms with Gasteiger partial charge in [0.15, 0.2) is 0 Å². The number of carbonyl (C=O) groups excluding carboxylic acids is 2. The van der Waals surface area contributed by atoms with Gasteiger partial charge in [-0.15, -0.1) is 0 Å². The van der Waals surface area contributed by atoms with E-state index in [4.69, 9.17) is 20.9 Å². The Morgan fingerprint density at radius 2 is 1.85 bits per heavy atom. The lowest BCUT2D eigenvalue weighted by Crippen LogP contribution is -2.65. The summed E-state index contributed by atoms with van der Waals surface area (Å²) < 4.78 is 13.2. The molecule has 6 atom stereocenters. The Hall–Kier alpha value is -2.35. The van der Waals surface area contributed by atoms with Crippen molar-refractivity contribution in [2.75, 3.05) is 0 Å². The van der Waals surface area contributed by atoms with Gasteiger partial charge in [-0.2, -0.15) is 0 Å². The highest BCUT2D eigenvalue weighted by Gasteiger charge is 2.68. The molecule has 208 valence electrons. The molecular weight excluding hydrogens is 511 g/mol. The van der Waals surface area contributed by atoms with E-state index in [-0.39, 0.29) is 41.3 Å². The van der Waals surface area contributed by atoms with Crippen molar-refractivity contribution >= 4 is 30.5 Å². The van der Waals surface area contributed by atoms with Crippen molar-refractivity contribution in [2.45, 2.75) is 89.9 Å². The van der Waals surface area contributed by atoms with Gasteiger partial charge < -0.3 is 19.9 Å². The molecule has 0 radical (unpaired) electrons. The second-order valence-electron chi connectivity index (χ2n) is 12.3. The van der Waals surface area contributed by atoms with Gasteiger partial charge in [0, 0.05) is 10.6 Å². The lowest BCUT2D eigenvalue weighted by Gasteiger charge is -2.64. The van der Waals surface area contributed by atoms with Crippen LogP contribution < -0.4 is 10.6 Å². The molecule has 3 saturated carbocycles. The zero-order valence-corrected chi connectivity index (χ0v) is 24.2. The van der Waals surface area contributed by atoms with Crippen LogP contribution in [0.2, 0.25) is 5.02 Å². The van der Waals surface area contributed by atoms with Crippen LogP contribution in [-0.4, -0.2) is 36.6 Å². The average molecular weight is 551 g/mol. The van der Waals surface area contributed by atoms with Gasteiger partial charge in [-0.05, 0) is 73.3 Å². The van der Waals surface area contributed by atoms with Gasteiger partial charge in [-0.25, -0.2) is 0 Å². The molecule has 1 unspecified atom stereocenters. The highest BCUT2D eigenvalue weighted by molar-refractivity contribution is 6.47. The van der Waals surface area contributed by atoms with E-state index in [0.29, 0.717) is 22.4 Å². The minimum Gasteiger partial charge on any atom is -0.404 e. The summed E-state index contributed by atoms with van der Waals surface area (Å²) >= 11 is 6.27. The summed E-state index contributed by atoms with van der Waals surface area (Å²) in [6.07, 6.45) is 5.06. The van der Waals surface area contributed by atoms with E-state index in [2.05, 4.69) is 38.3 Å². The predicted octanol–water partition coefficient (Wildman–Crippen LogP) is 6.14. The molecule has 8 heteroatoms. The van der Waals surface area contributed by atoms with Crippen LogP contribution in [0.15, 0.2) is 54.6 Å². The molecule has 2 N–H and O–H groups in total. The Morgan fingerprint density at radius 3 is 2.54 bits per heavy atom. The molecule has 6 rings (SSSR count). The van der Waals surface area contributed by atoms with Gasteiger partial charge in [0.2, 0.25) is 5.91 Å². The smallest absolute Gasteiger partial charge is 0.404 e. The van der Waals surface area contributed by atoms with Crippen LogP contribution in [0.25, 0.3) is 0 Å². The van der Waals surface area contributed by atoms with Crippen LogP contribution in [0.1, 0.15) is 88.2 Å². The lowest BCUT2D eigenvalue weighted by molar-refractivity contribution is -0.199. The van der Waals surface area contributed by atoms with Gasteiger partial charge in [-0.1, -0.05) is 75.5 Å². The van der Waals surface area contributed by atoms with Crippen molar-refractivity contribution in [2.24, 2.45) is 17.3 Å². The van der Waals surface area contributed by atoms with Crippen LogP contribution in [0.3, 0.4) is 0 Å². The Morgan fingerprint density at radius 1 is 1.08 bits per heavy atom. The first kappa shape index (κ1) is 28.2. The van der Waals surface area contributed by atoms with E-state index >= 15 is 0 Å². The first-order valence-corrected chi connectivity index (χ1v) is 14.7. The van der Waals surface area contributed by atoms with Gasteiger partial charge in [0.1, 0.15) is 0 Å².